The Morgan fingerprint density at radius 1 is 0.457 bits per heavy atom. The molecule has 0 aliphatic rings. The van der Waals surface area contributed by atoms with Crippen molar-refractivity contribution in [3.05, 3.63) is 0 Å². The van der Waals surface area contributed by atoms with Crippen molar-refractivity contribution in [2.75, 3.05) is 37.9 Å². The number of rotatable bonds is 30. The highest BCUT2D eigenvalue weighted by atomic mass is 32.2. The zero-order valence-corrected chi connectivity index (χ0v) is 24.5. The number of aliphatic hydroxyl groups excluding tert-OH is 2. The van der Waals surface area contributed by atoms with Gasteiger partial charge in [-0.05, 0) is 12.8 Å². The lowest BCUT2D eigenvalue weighted by molar-refractivity contribution is 0.0442. The molecule has 0 amide bonds. The molecule has 0 aliphatic carbocycles. The molecule has 0 heterocycles. The van der Waals surface area contributed by atoms with Crippen molar-refractivity contribution in [3.63, 3.8) is 0 Å². The van der Waals surface area contributed by atoms with Gasteiger partial charge in [-0.3, -0.25) is 0 Å². The van der Waals surface area contributed by atoms with Crippen molar-refractivity contribution in [2.45, 2.75) is 154 Å². The van der Waals surface area contributed by atoms with E-state index >= 15 is 0 Å². The molecule has 0 fully saturated rings. The minimum Gasteiger partial charge on any atom is -0.390 e. The predicted octanol–water partition coefficient (Wildman–Crippen LogP) is 8.32. The summed E-state index contributed by atoms with van der Waals surface area (Å²) >= 11 is 1.58. The lowest BCUT2D eigenvalue weighted by atomic mass is 10.1. The largest absolute Gasteiger partial charge is 0.390 e. The molecule has 0 aromatic heterocycles. The van der Waals surface area contributed by atoms with Crippen molar-refractivity contribution in [1.82, 2.24) is 0 Å². The molecule has 0 rings (SSSR count). The van der Waals surface area contributed by atoms with Crippen molar-refractivity contribution in [3.8, 4) is 0 Å². The Morgan fingerprint density at radius 2 is 0.743 bits per heavy atom. The number of hydrogen-bond acceptors (Lipinski definition) is 5. The fourth-order valence-corrected chi connectivity index (χ4v) is 5.13. The third-order valence-electron chi connectivity index (χ3n) is 6.53. The molecule has 35 heavy (non-hydrogen) atoms. The summed E-state index contributed by atoms with van der Waals surface area (Å²) in [5.74, 6) is 1.21. The molecule has 0 aliphatic heterocycles. The lowest BCUT2D eigenvalue weighted by Crippen LogP contribution is -2.22. The van der Waals surface area contributed by atoms with E-state index in [2.05, 4.69) is 13.8 Å². The fourth-order valence-electron chi connectivity index (χ4n) is 4.26. The molecule has 0 saturated carbocycles. The van der Waals surface area contributed by atoms with E-state index in [-0.39, 0.29) is 0 Å². The van der Waals surface area contributed by atoms with Gasteiger partial charge in [0.05, 0.1) is 25.4 Å². The Morgan fingerprint density at radius 3 is 1.06 bits per heavy atom. The Hall–Kier alpha value is 0.190. The van der Waals surface area contributed by atoms with E-state index in [9.17, 15) is 10.2 Å². The summed E-state index contributed by atoms with van der Waals surface area (Å²) in [7, 11) is 0. The van der Waals surface area contributed by atoms with Gasteiger partial charge in [-0.15, -0.1) is 0 Å². The second-order valence-corrected chi connectivity index (χ2v) is 11.4. The second-order valence-electron chi connectivity index (χ2n) is 10.4. The smallest absolute Gasteiger partial charge is 0.0863 e. The van der Waals surface area contributed by atoms with Crippen LogP contribution in [0, 0.1) is 0 Å². The van der Waals surface area contributed by atoms with Gasteiger partial charge in [0.2, 0.25) is 0 Å². The van der Waals surface area contributed by atoms with Crippen LogP contribution in [0.5, 0.6) is 0 Å². The molecule has 0 aromatic carbocycles. The van der Waals surface area contributed by atoms with Crippen LogP contribution in [0.1, 0.15) is 142 Å². The number of thioether (sulfide) groups is 1. The maximum atomic E-state index is 10.1. The number of unbranched alkanes of at least 4 members (excludes halogenated alkanes) is 18. The third-order valence-corrected chi connectivity index (χ3v) is 7.77. The molecular formula is C30H62O4S. The van der Waals surface area contributed by atoms with Gasteiger partial charge >= 0.3 is 0 Å². The normalized spacial score (nSPS) is 13.4. The average molecular weight is 519 g/mol. The molecule has 0 radical (unpaired) electrons. The molecular weight excluding hydrogens is 456 g/mol. The summed E-state index contributed by atoms with van der Waals surface area (Å²) in [5, 5.41) is 20.1. The first kappa shape index (κ1) is 35.2. The highest BCUT2D eigenvalue weighted by Crippen LogP contribution is 2.12. The minimum absolute atomic E-state index is 0.399. The molecule has 2 unspecified atom stereocenters. The fraction of sp³-hybridized carbons (Fsp3) is 1.00. The monoisotopic (exact) mass is 518 g/mol. The first-order valence-corrected chi connectivity index (χ1v) is 16.5. The first-order valence-electron chi connectivity index (χ1n) is 15.3. The Kier molecular flexibility index (Phi) is 30.6. The van der Waals surface area contributed by atoms with E-state index in [0.717, 1.165) is 26.1 Å². The van der Waals surface area contributed by atoms with Crippen LogP contribution in [-0.4, -0.2) is 60.4 Å². The maximum absolute atomic E-state index is 10.1. The summed E-state index contributed by atoms with van der Waals surface area (Å²) in [4.78, 5) is 0. The Bertz CT molecular complexity index is 349. The number of hydrogen-bond donors (Lipinski definition) is 2. The van der Waals surface area contributed by atoms with Gasteiger partial charge in [0.1, 0.15) is 0 Å². The quantitative estimate of drug-likeness (QED) is 0.0936. The summed E-state index contributed by atoms with van der Waals surface area (Å²) in [6.45, 7) is 6.81. The van der Waals surface area contributed by atoms with Crippen LogP contribution < -0.4 is 0 Å². The van der Waals surface area contributed by atoms with Crippen LogP contribution >= 0.6 is 11.8 Å². The average Bonchev–Trinajstić information content (AvgIpc) is 2.85. The van der Waals surface area contributed by atoms with E-state index < -0.39 is 12.2 Å². The van der Waals surface area contributed by atoms with E-state index in [1.54, 1.807) is 11.8 Å². The van der Waals surface area contributed by atoms with Crippen molar-refractivity contribution >= 4 is 11.8 Å². The topological polar surface area (TPSA) is 58.9 Å². The molecule has 212 valence electrons. The van der Waals surface area contributed by atoms with Crippen molar-refractivity contribution in [2.24, 2.45) is 0 Å². The minimum atomic E-state index is -0.456. The van der Waals surface area contributed by atoms with Crippen molar-refractivity contribution < 1.29 is 19.7 Å². The summed E-state index contributed by atoms with van der Waals surface area (Å²) in [5.41, 5.74) is 0. The zero-order valence-electron chi connectivity index (χ0n) is 23.7. The van der Waals surface area contributed by atoms with E-state index in [4.69, 9.17) is 9.47 Å². The molecule has 5 heteroatoms. The van der Waals surface area contributed by atoms with Crippen LogP contribution in [0.2, 0.25) is 0 Å². The van der Waals surface area contributed by atoms with Crippen LogP contribution in [0.3, 0.4) is 0 Å². The highest BCUT2D eigenvalue weighted by Gasteiger charge is 2.09. The molecule has 0 aromatic rings. The number of aliphatic hydroxyl groups is 2. The van der Waals surface area contributed by atoms with Crippen LogP contribution in [-0.2, 0) is 9.47 Å². The molecule has 4 nitrogen and oxygen atoms in total. The van der Waals surface area contributed by atoms with Gasteiger partial charge in [0.15, 0.2) is 0 Å². The highest BCUT2D eigenvalue weighted by molar-refractivity contribution is 7.99. The maximum Gasteiger partial charge on any atom is 0.0863 e. The van der Waals surface area contributed by atoms with Gasteiger partial charge in [0.25, 0.3) is 0 Å². The molecule has 0 spiro atoms. The predicted molar refractivity (Wildman–Crippen MR) is 155 cm³/mol. The summed E-state index contributed by atoms with van der Waals surface area (Å²) in [6, 6.07) is 0. The van der Waals surface area contributed by atoms with Gasteiger partial charge in [-0.25, -0.2) is 0 Å². The zero-order chi connectivity index (χ0) is 25.7. The van der Waals surface area contributed by atoms with Crippen molar-refractivity contribution in [1.29, 1.82) is 0 Å². The third kappa shape index (κ3) is 30.3. The second kappa shape index (κ2) is 30.4. The van der Waals surface area contributed by atoms with Crippen LogP contribution in [0.4, 0.5) is 0 Å². The van der Waals surface area contributed by atoms with Crippen LogP contribution in [0.25, 0.3) is 0 Å². The van der Waals surface area contributed by atoms with Crippen LogP contribution in [0.15, 0.2) is 0 Å². The standard InChI is InChI=1S/C30H62O4S/c1-3-5-7-9-11-13-15-17-19-21-23-33-25-29(31)27-35-28-30(32)26-34-24-22-20-18-16-14-12-10-8-6-4-2/h29-32H,3-28H2,1-2H3. The SMILES string of the molecule is CCCCCCCCCCCCOCC(O)CSCC(O)COCCCCCCCCCCCC. The molecule has 0 saturated heterocycles. The summed E-state index contributed by atoms with van der Waals surface area (Å²) in [6.07, 6.45) is 25.5. The van der Waals surface area contributed by atoms with Gasteiger partial charge in [-0.2, -0.15) is 11.8 Å². The first-order chi connectivity index (χ1) is 17.2. The van der Waals surface area contributed by atoms with Gasteiger partial charge < -0.3 is 19.7 Å². The van der Waals surface area contributed by atoms with E-state index in [0.29, 0.717) is 24.7 Å². The lowest BCUT2D eigenvalue weighted by Gasteiger charge is -2.14. The molecule has 2 N–H and O–H groups in total. The Labute approximate surface area is 223 Å². The molecule has 2 atom stereocenters. The summed E-state index contributed by atoms with van der Waals surface area (Å²) < 4.78 is 11.2. The molecule has 0 bridgehead atoms. The van der Waals surface area contributed by atoms with Gasteiger partial charge in [0, 0.05) is 24.7 Å². The van der Waals surface area contributed by atoms with Gasteiger partial charge in [-0.1, -0.05) is 129 Å². The Balaban J connectivity index is 3.27. The number of ether oxygens (including phenoxy) is 2. The van der Waals surface area contributed by atoms with E-state index in [1.807, 2.05) is 0 Å². The van der Waals surface area contributed by atoms with E-state index in [1.165, 1.54) is 116 Å².